The Labute approximate surface area is 137 Å². The van der Waals surface area contributed by atoms with Gasteiger partial charge in [-0.05, 0) is 34.2 Å². The molecule has 0 fully saturated rings. The Kier molecular flexibility index (Phi) is 4.33. The van der Waals surface area contributed by atoms with Crippen LogP contribution in [0.5, 0.6) is 0 Å². The maximum Gasteiger partial charge on any atom is 0.242 e. The van der Waals surface area contributed by atoms with E-state index < -0.39 is 0 Å². The summed E-state index contributed by atoms with van der Waals surface area (Å²) in [5.74, 6) is -0.220. The minimum Gasteiger partial charge on any atom is -0.342 e. The fraction of sp³-hybridized carbons (Fsp3) is 0.214. The van der Waals surface area contributed by atoms with Crippen molar-refractivity contribution in [2.24, 2.45) is 7.05 Å². The zero-order valence-electron chi connectivity index (χ0n) is 12.3. The molecule has 0 radical (unpaired) electrons. The van der Waals surface area contributed by atoms with E-state index in [1.165, 1.54) is 11.0 Å². The van der Waals surface area contributed by atoms with E-state index in [2.05, 4.69) is 25.9 Å². The number of aryl methyl sites for hydroxylation is 1. The van der Waals surface area contributed by atoms with Crippen molar-refractivity contribution in [1.29, 1.82) is 0 Å². The zero-order chi connectivity index (χ0) is 16.2. The maximum absolute atomic E-state index is 12.3. The summed E-state index contributed by atoms with van der Waals surface area (Å²) in [6.45, 7) is 0.0317. The molecule has 0 spiro atoms. The van der Waals surface area contributed by atoms with Crippen LogP contribution < -0.4 is 5.32 Å². The van der Waals surface area contributed by atoms with E-state index in [0.29, 0.717) is 5.02 Å². The van der Waals surface area contributed by atoms with Gasteiger partial charge < -0.3 is 5.32 Å². The van der Waals surface area contributed by atoms with Crippen LogP contribution in [-0.4, -0.2) is 35.9 Å². The predicted octanol–water partition coefficient (Wildman–Crippen LogP) is 0.966. The molecule has 3 rings (SSSR count). The van der Waals surface area contributed by atoms with Gasteiger partial charge in [0.15, 0.2) is 0 Å². The highest BCUT2D eigenvalue weighted by Crippen LogP contribution is 2.22. The summed E-state index contributed by atoms with van der Waals surface area (Å²) in [7, 11) is 1.82. The number of halogens is 1. The average molecular weight is 332 g/mol. The molecule has 0 saturated carbocycles. The lowest BCUT2D eigenvalue weighted by Crippen LogP contribution is -2.32. The second-order valence-corrected chi connectivity index (χ2v) is 5.41. The topological polar surface area (TPSA) is 90.5 Å². The summed E-state index contributed by atoms with van der Waals surface area (Å²) >= 11 is 5.93. The van der Waals surface area contributed by atoms with Crippen molar-refractivity contribution in [3.05, 3.63) is 59.1 Å². The SMILES string of the molecule is Cn1ccc(C(NC(=O)Cn2cnnn2)c2ccc(Cl)cc2)n1. The number of hydrogen-bond acceptors (Lipinski definition) is 5. The van der Waals surface area contributed by atoms with Crippen LogP contribution in [0.2, 0.25) is 5.02 Å². The van der Waals surface area contributed by atoms with Gasteiger partial charge >= 0.3 is 0 Å². The largest absolute Gasteiger partial charge is 0.342 e. The molecule has 0 saturated heterocycles. The molecule has 1 aromatic carbocycles. The molecule has 2 heterocycles. The van der Waals surface area contributed by atoms with Crippen molar-refractivity contribution in [3.8, 4) is 0 Å². The van der Waals surface area contributed by atoms with Crippen LogP contribution in [0, 0.1) is 0 Å². The van der Waals surface area contributed by atoms with E-state index in [1.54, 1.807) is 16.8 Å². The van der Waals surface area contributed by atoms with Gasteiger partial charge in [-0.25, -0.2) is 4.68 Å². The Bertz CT molecular complexity index is 782. The number of hydrogen-bond donors (Lipinski definition) is 1. The van der Waals surface area contributed by atoms with Gasteiger partial charge in [0.1, 0.15) is 12.9 Å². The molecule has 118 valence electrons. The third-order valence-corrected chi connectivity index (χ3v) is 3.49. The monoisotopic (exact) mass is 331 g/mol. The maximum atomic E-state index is 12.3. The molecule has 1 amide bonds. The molecule has 0 aliphatic heterocycles. The van der Waals surface area contributed by atoms with Crippen LogP contribution in [-0.2, 0) is 18.4 Å². The minimum atomic E-state index is -0.377. The van der Waals surface area contributed by atoms with Gasteiger partial charge in [-0.15, -0.1) is 5.10 Å². The second kappa shape index (κ2) is 6.57. The van der Waals surface area contributed by atoms with Gasteiger partial charge in [-0.3, -0.25) is 9.48 Å². The molecule has 8 nitrogen and oxygen atoms in total. The van der Waals surface area contributed by atoms with Gasteiger partial charge in [-0.2, -0.15) is 5.10 Å². The molecule has 0 aliphatic rings. The quantitative estimate of drug-likeness (QED) is 0.752. The lowest BCUT2D eigenvalue weighted by molar-refractivity contribution is -0.122. The molecule has 1 N–H and O–H groups in total. The normalized spacial score (nSPS) is 12.1. The van der Waals surface area contributed by atoms with Crippen LogP contribution in [0.25, 0.3) is 0 Å². The third-order valence-electron chi connectivity index (χ3n) is 3.24. The summed E-state index contributed by atoms with van der Waals surface area (Å²) in [5, 5.41) is 18.7. The molecule has 3 aromatic rings. The molecule has 2 aromatic heterocycles. The number of nitrogens with zero attached hydrogens (tertiary/aromatic N) is 6. The number of nitrogens with one attached hydrogen (secondary N) is 1. The van der Waals surface area contributed by atoms with Crippen molar-refractivity contribution in [2.45, 2.75) is 12.6 Å². The number of rotatable bonds is 5. The molecule has 23 heavy (non-hydrogen) atoms. The number of tetrazole rings is 1. The highest BCUT2D eigenvalue weighted by atomic mass is 35.5. The van der Waals surface area contributed by atoms with E-state index in [1.807, 2.05) is 31.4 Å². The van der Waals surface area contributed by atoms with Crippen molar-refractivity contribution in [2.75, 3.05) is 0 Å². The van der Waals surface area contributed by atoms with Gasteiger partial charge in [0, 0.05) is 18.3 Å². The fourth-order valence-corrected chi connectivity index (χ4v) is 2.30. The Hall–Kier alpha value is -2.74. The fourth-order valence-electron chi connectivity index (χ4n) is 2.18. The number of benzene rings is 1. The number of carbonyl (C=O) groups excluding carboxylic acids is 1. The van der Waals surface area contributed by atoms with Gasteiger partial charge in [-0.1, -0.05) is 23.7 Å². The highest BCUT2D eigenvalue weighted by molar-refractivity contribution is 6.30. The van der Waals surface area contributed by atoms with E-state index in [4.69, 9.17) is 11.6 Å². The summed E-state index contributed by atoms with van der Waals surface area (Å²) in [6, 6.07) is 8.76. The van der Waals surface area contributed by atoms with Crippen LogP contribution in [0.15, 0.2) is 42.9 Å². The van der Waals surface area contributed by atoms with Gasteiger partial charge in [0.25, 0.3) is 0 Å². The van der Waals surface area contributed by atoms with Crippen molar-refractivity contribution < 1.29 is 4.79 Å². The van der Waals surface area contributed by atoms with E-state index in [0.717, 1.165) is 11.3 Å². The van der Waals surface area contributed by atoms with Gasteiger partial charge in [0.2, 0.25) is 5.91 Å². The molecule has 0 bridgehead atoms. The summed E-state index contributed by atoms with van der Waals surface area (Å²) in [4.78, 5) is 12.3. The van der Waals surface area contributed by atoms with Crippen molar-refractivity contribution >= 4 is 17.5 Å². The number of carbonyl (C=O) groups is 1. The number of amides is 1. The van der Waals surface area contributed by atoms with E-state index >= 15 is 0 Å². The van der Waals surface area contributed by atoms with E-state index in [-0.39, 0.29) is 18.5 Å². The van der Waals surface area contributed by atoms with Crippen LogP contribution >= 0.6 is 11.6 Å². The van der Waals surface area contributed by atoms with Gasteiger partial charge in [0.05, 0.1) is 11.7 Å². The minimum absolute atomic E-state index is 0.0317. The van der Waals surface area contributed by atoms with Crippen LogP contribution in [0.3, 0.4) is 0 Å². The number of aromatic nitrogens is 6. The Balaban J connectivity index is 1.83. The Morgan fingerprint density at radius 1 is 1.30 bits per heavy atom. The van der Waals surface area contributed by atoms with Crippen molar-refractivity contribution in [3.63, 3.8) is 0 Å². The molecular weight excluding hydrogens is 318 g/mol. The summed E-state index contributed by atoms with van der Waals surface area (Å²) in [6.07, 6.45) is 3.21. The Morgan fingerprint density at radius 3 is 2.70 bits per heavy atom. The second-order valence-electron chi connectivity index (χ2n) is 4.97. The lowest BCUT2D eigenvalue weighted by Gasteiger charge is -2.17. The first-order valence-electron chi connectivity index (χ1n) is 6.87. The molecule has 1 atom stereocenters. The molecule has 0 aliphatic carbocycles. The first-order valence-corrected chi connectivity index (χ1v) is 7.25. The molecular formula is C14H14ClN7O. The first-order chi connectivity index (χ1) is 11.1. The van der Waals surface area contributed by atoms with Crippen molar-refractivity contribution in [1.82, 2.24) is 35.3 Å². The standard InChI is InChI=1S/C14H14ClN7O/c1-21-7-6-12(18-21)14(10-2-4-11(15)5-3-10)17-13(23)8-22-9-16-19-20-22/h2-7,9,14H,8H2,1H3,(H,17,23). The summed E-state index contributed by atoms with van der Waals surface area (Å²) in [5.41, 5.74) is 1.62. The predicted molar refractivity (Wildman–Crippen MR) is 82.5 cm³/mol. The van der Waals surface area contributed by atoms with E-state index in [9.17, 15) is 4.79 Å². The smallest absolute Gasteiger partial charge is 0.242 e. The summed E-state index contributed by atoms with van der Waals surface area (Å²) < 4.78 is 3.04. The van der Waals surface area contributed by atoms with Crippen LogP contribution in [0.4, 0.5) is 0 Å². The third kappa shape index (κ3) is 3.72. The molecule has 1 unspecified atom stereocenters. The highest BCUT2D eigenvalue weighted by Gasteiger charge is 2.19. The molecule has 9 heteroatoms. The lowest BCUT2D eigenvalue weighted by atomic mass is 10.0. The zero-order valence-corrected chi connectivity index (χ0v) is 13.1. The van der Waals surface area contributed by atoms with Crippen LogP contribution in [0.1, 0.15) is 17.3 Å². The average Bonchev–Trinajstić information content (AvgIpc) is 3.17. The Morgan fingerprint density at radius 2 is 2.09 bits per heavy atom. The first kappa shape index (κ1) is 15.2.